The van der Waals surface area contributed by atoms with Crippen molar-refractivity contribution in [3.8, 4) is 0 Å². The molecule has 20 heavy (non-hydrogen) atoms. The van der Waals surface area contributed by atoms with Gasteiger partial charge >= 0.3 is 0 Å². The van der Waals surface area contributed by atoms with Crippen molar-refractivity contribution in [2.45, 2.75) is 31.7 Å². The lowest BCUT2D eigenvalue weighted by Gasteiger charge is -2.26. The standard InChI is InChI=1S/C16H20N2O2/c17-10-12(9-11-5-2-1-3-6-11)18-15(19)13-7-4-8-14(13)16(18)20/h1-3,5-6,12-14H,4,7-10,17H2. The fourth-order valence-electron chi connectivity index (χ4n) is 3.54. The van der Waals surface area contributed by atoms with E-state index in [4.69, 9.17) is 5.73 Å². The minimum Gasteiger partial charge on any atom is -0.328 e. The average Bonchev–Trinajstić information content (AvgIpc) is 3.03. The third-order valence-corrected chi connectivity index (χ3v) is 4.58. The Morgan fingerprint density at radius 2 is 1.70 bits per heavy atom. The van der Waals surface area contributed by atoms with Crippen molar-refractivity contribution in [3.63, 3.8) is 0 Å². The summed E-state index contributed by atoms with van der Waals surface area (Å²) in [6.45, 7) is 0.325. The number of hydrogen-bond acceptors (Lipinski definition) is 3. The molecule has 2 N–H and O–H groups in total. The third-order valence-electron chi connectivity index (χ3n) is 4.58. The highest BCUT2D eigenvalue weighted by Crippen LogP contribution is 2.40. The summed E-state index contributed by atoms with van der Waals surface area (Å²) in [5.74, 6) is -0.146. The normalized spacial score (nSPS) is 26.9. The van der Waals surface area contributed by atoms with Crippen molar-refractivity contribution in [2.75, 3.05) is 6.54 Å². The number of nitrogens with zero attached hydrogens (tertiary/aromatic N) is 1. The molecule has 1 heterocycles. The van der Waals surface area contributed by atoms with Gasteiger partial charge in [-0.25, -0.2) is 0 Å². The second-order valence-electron chi connectivity index (χ2n) is 5.77. The lowest BCUT2D eigenvalue weighted by atomic mass is 10.00. The molecule has 0 radical (unpaired) electrons. The molecule has 1 saturated carbocycles. The Kier molecular flexibility index (Phi) is 3.57. The van der Waals surface area contributed by atoms with Gasteiger partial charge in [-0.05, 0) is 24.8 Å². The van der Waals surface area contributed by atoms with Gasteiger partial charge in [-0.2, -0.15) is 0 Å². The molecule has 2 amide bonds. The van der Waals surface area contributed by atoms with E-state index in [1.165, 1.54) is 4.90 Å². The van der Waals surface area contributed by atoms with Crippen LogP contribution in [0.3, 0.4) is 0 Å². The summed E-state index contributed by atoms with van der Waals surface area (Å²) in [5.41, 5.74) is 6.94. The highest BCUT2D eigenvalue weighted by molar-refractivity contribution is 6.05. The summed E-state index contributed by atoms with van der Waals surface area (Å²) in [7, 11) is 0. The molecule has 2 fully saturated rings. The van der Waals surface area contributed by atoms with E-state index >= 15 is 0 Å². The molecule has 2 aliphatic rings. The predicted molar refractivity (Wildman–Crippen MR) is 75.7 cm³/mol. The second kappa shape index (κ2) is 5.37. The second-order valence-corrected chi connectivity index (χ2v) is 5.77. The highest BCUT2D eigenvalue weighted by atomic mass is 16.2. The number of imide groups is 1. The van der Waals surface area contributed by atoms with Crippen LogP contribution in [0.5, 0.6) is 0 Å². The lowest BCUT2D eigenvalue weighted by molar-refractivity contribution is -0.142. The third kappa shape index (κ3) is 2.14. The number of likely N-dealkylation sites (tertiary alicyclic amines) is 1. The molecule has 1 aromatic carbocycles. The van der Waals surface area contributed by atoms with E-state index in [-0.39, 0.29) is 29.7 Å². The van der Waals surface area contributed by atoms with Crippen LogP contribution in [0.1, 0.15) is 24.8 Å². The van der Waals surface area contributed by atoms with E-state index in [0.717, 1.165) is 24.8 Å². The molecule has 4 heteroatoms. The summed E-state index contributed by atoms with van der Waals surface area (Å²) in [6, 6.07) is 9.69. The van der Waals surface area contributed by atoms with Crippen LogP contribution in [0, 0.1) is 11.8 Å². The zero-order valence-electron chi connectivity index (χ0n) is 11.5. The molecule has 0 bridgehead atoms. The molecule has 3 atom stereocenters. The molecular weight excluding hydrogens is 252 g/mol. The molecule has 106 valence electrons. The highest BCUT2D eigenvalue weighted by Gasteiger charge is 2.51. The van der Waals surface area contributed by atoms with Crippen LogP contribution in [0.4, 0.5) is 0 Å². The van der Waals surface area contributed by atoms with Crippen LogP contribution in [-0.4, -0.2) is 29.3 Å². The van der Waals surface area contributed by atoms with Crippen molar-refractivity contribution in [1.29, 1.82) is 0 Å². The van der Waals surface area contributed by atoms with Gasteiger partial charge in [-0.3, -0.25) is 14.5 Å². The maximum atomic E-state index is 12.4. The van der Waals surface area contributed by atoms with Crippen LogP contribution in [-0.2, 0) is 16.0 Å². The number of carbonyl (C=O) groups excluding carboxylic acids is 2. The minimum atomic E-state index is -0.206. The molecule has 4 nitrogen and oxygen atoms in total. The molecule has 0 aromatic heterocycles. The van der Waals surface area contributed by atoms with Crippen LogP contribution in [0.2, 0.25) is 0 Å². The number of fused-ring (bicyclic) bond motifs is 1. The minimum absolute atomic E-state index is 0.00359. The summed E-state index contributed by atoms with van der Waals surface area (Å²) in [5, 5.41) is 0. The van der Waals surface area contributed by atoms with E-state index < -0.39 is 0 Å². The van der Waals surface area contributed by atoms with Gasteiger partial charge in [0.25, 0.3) is 0 Å². The number of benzene rings is 1. The zero-order valence-corrected chi connectivity index (χ0v) is 11.5. The number of carbonyl (C=O) groups is 2. The van der Waals surface area contributed by atoms with E-state index in [9.17, 15) is 9.59 Å². The number of amides is 2. The van der Waals surface area contributed by atoms with Crippen LogP contribution in [0.25, 0.3) is 0 Å². The fourth-order valence-corrected chi connectivity index (χ4v) is 3.54. The summed E-state index contributed by atoms with van der Waals surface area (Å²) in [6.07, 6.45) is 3.35. The summed E-state index contributed by atoms with van der Waals surface area (Å²) < 4.78 is 0. The Morgan fingerprint density at radius 1 is 1.10 bits per heavy atom. The number of hydrogen-bond donors (Lipinski definition) is 1. The van der Waals surface area contributed by atoms with Gasteiger partial charge in [0, 0.05) is 6.54 Å². The zero-order chi connectivity index (χ0) is 14.1. The molecule has 3 rings (SSSR count). The molecule has 3 unspecified atom stereocenters. The first-order chi connectivity index (χ1) is 9.72. The van der Waals surface area contributed by atoms with E-state index in [0.29, 0.717) is 13.0 Å². The largest absolute Gasteiger partial charge is 0.328 e. The molecule has 0 spiro atoms. The molecule has 1 saturated heterocycles. The van der Waals surface area contributed by atoms with Gasteiger partial charge in [0.1, 0.15) is 0 Å². The van der Waals surface area contributed by atoms with Crippen molar-refractivity contribution >= 4 is 11.8 Å². The first kappa shape index (κ1) is 13.3. The number of nitrogens with two attached hydrogens (primary N) is 1. The van der Waals surface area contributed by atoms with Gasteiger partial charge in [-0.1, -0.05) is 36.8 Å². The Balaban J connectivity index is 1.79. The van der Waals surface area contributed by atoms with Crippen molar-refractivity contribution in [3.05, 3.63) is 35.9 Å². The monoisotopic (exact) mass is 272 g/mol. The van der Waals surface area contributed by atoms with Gasteiger partial charge in [0.2, 0.25) is 11.8 Å². The molecule has 1 aliphatic heterocycles. The maximum Gasteiger partial charge on any atom is 0.233 e. The lowest BCUT2D eigenvalue weighted by Crippen LogP contribution is -2.46. The first-order valence-corrected chi connectivity index (χ1v) is 7.33. The Bertz CT molecular complexity index is 492. The predicted octanol–water partition coefficient (Wildman–Crippen LogP) is 1.34. The van der Waals surface area contributed by atoms with E-state index in [2.05, 4.69) is 0 Å². The quantitative estimate of drug-likeness (QED) is 0.841. The Hall–Kier alpha value is -1.68. The van der Waals surface area contributed by atoms with E-state index in [1.54, 1.807) is 0 Å². The van der Waals surface area contributed by atoms with Crippen LogP contribution >= 0.6 is 0 Å². The topological polar surface area (TPSA) is 63.4 Å². The first-order valence-electron chi connectivity index (χ1n) is 7.33. The van der Waals surface area contributed by atoms with Crippen LogP contribution < -0.4 is 5.73 Å². The van der Waals surface area contributed by atoms with Gasteiger partial charge < -0.3 is 5.73 Å². The Morgan fingerprint density at radius 3 is 2.25 bits per heavy atom. The maximum absolute atomic E-state index is 12.4. The van der Waals surface area contributed by atoms with Gasteiger partial charge in [0.05, 0.1) is 17.9 Å². The summed E-state index contributed by atoms with van der Waals surface area (Å²) >= 11 is 0. The van der Waals surface area contributed by atoms with Crippen molar-refractivity contribution in [1.82, 2.24) is 4.90 Å². The van der Waals surface area contributed by atoms with Crippen LogP contribution in [0.15, 0.2) is 30.3 Å². The number of rotatable bonds is 4. The van der Waals surface area contributed by atoms with Gasteiger partial charge in [-0.15, -0.1) is 0 Å². The molecular formula is C16H20N2O2. The fraction of sp³-hybridized carbons (Fsp3) is 0.500. The SMILES string of the molecule is NCC(Cc1ccccc1)N1C(=O)C2CCCC2C1=O. The molecule has 1 aliphatic carbocycles. The van der Waals surface area contributed by atoms with Crippen molar-refractivity contribution < 1.29 is 9.59 Å². The Labute approximate surface area is 118 Å². The smallest absolute Gasteiger partial charge is 0.233 e. The van der Waals surface area contributed by atoms with E-state index in [1.807, 2.05) is 30.3 Å². The molecule has 1 aromatic rings. The van der Waals surface area contributed by atoms with Crippen molar-refractivity contribution in [2.24, 2.45) is 17.6 Å². The average molecular weight is 272 g/mol. The van der Waals surface area contributed by atoms with Gasteiger partial charge in [0.15, 0.2) is 0 Å². The summed E-state index contributed by atoms with van der Waals surface area (Å²) in [4.78, 5) is 26.3.